The first-order valence-corrected chi connectivity index (χ1v) is 8.94. The van der Waals surface area contributed by atoms with Crippen LogP contribution in [0.1, 0.15) is 12.8 Å². The van der Waals surface area contributed by atoms with E-state index in [1.807, 2.05) is 36.4 Å². The Kier molecular flexibility index (Phi) is 4.78. The van der Waals surface area contributed by atoms with Gasteiger partial charge < -0.3 is 10.7 Å². The van der Waals surface area contributed by atoms with Crippen molar-refractivity contribution >= 4 is 39.2 Å². The molecular weight excluding hydrogens is 330 g/mol. The van der Waals surface area contributed by atoms with Gasteiger partial charge in [0.2, 0.25) is 5.91 Å². The average molecular weight is 345 g/mol. The van der Waals surface area contributed by atoms with Crippen LogP contribution in [0.2, 0.25) is 0 Å². The van der Waals surface area contributed by atoms with Gasteiger partial charge in [0.25, 0.3) is 5.56 Å². The van der Waals surface area contributed by atoms with E-state index in [0.29, 0.717) is 29.1 Å². The molecule has 0 aliphatic carbocycles. The molecule has 3 rings (SSSR count). The van der Waals surface area contributed by atoms with Crippen molar-refractivity contribution in [2.24, 2.45) is 5.73 Å². The zero-order valence-corrected chi connectivity index (χ0v) is 13.9. The second-order valence-electron chi connectivity index (χ2n) is 4.98. The maximum Gasteiger partial charge on any atom is 0.260 e. The van der Waals surface area contributed by atoms with Gasteiger partial charge in [0.1, 0.15) is 4.83 Å². The number of amides is 1. The van der Waals surface area contributed by atoms with Gasteiger partial charge in [-0.2, -0.15) is 0 Å². The molecule has 0 unspecified atom stereocenters. The van der Waals surface area contributed by atoms with E-state index < -0.39 is 0 Å². The maximum absolute atomic E-state index is 12.2. The van der Waals surface area contributed by atoms with Gasteiger partial charge in [0.15, 0.2) is 5.16 Å². The number of hydrogen-bond donors (Lipinski definition) is 2. The molecule has 1 amide bonds. The number of hydrogen-bond acceptors (Lipinski definition) is 5. The Balaban J connectivity index is 1.84. The zero-order valence-electron chi connectivity index (χ0n) is 12.2. The molecule has 0 saturated carbocycles. The van der Waals surface area contributed by atoms with Gasteiger partial charge in [-0.1, -0.05) is 42.1 Å². The normalized spacial score (nSPS) is 11.0. The number of H-pyrrole nitrogens is 1. The number of nitrogens with one attached hydrogen (secondary N) is 1. The Bertz CT molecular complexity index is 887. The molecule has 7 heteroatoms. The second-order valence-corrected chi connectivity index (χ2v) is 7.10. The smallest absolute Gasteiger partial charge is 0.260 e. The van der Waals surface area contributed by atoms with Crippen LogP contribution in [0.5, 0.6) is 0 Å². The van der Waals surface area contributed by atoms with Crippen LogP contribution in [0.3, 0.4) is 0 Å². The number of benzene rings is 1. The minimum absolute atomic E-state index is 0.133. The van der Waals surface area contributed by atoms with E-state index in [9.17, 15) is 9.59 Å². The highest BCUT2D eigenvalue weighted by molar-refractivity contribution is 7.99. The van der Waals surface area contributed by atoms with E-state index in [2.05, 4.69) is 9.97 Å². The zero-order chi connectivity index (χ0) is 16.2. The third kappa shape index (κ3) is 3.80. The van der Waals surface area contributed by atoms with Crippen LogP contribution < -0.4 is 11.3 Å². The fourth-order valence-electron chi connectivity index (χ4n) is 2.14. The number of fused-ring (bicyclic) bond motifs is 1. The molecule has 0 aliphatic heterocycles. The standard InChI is InChI=1S/C16H15N3O2S2/c17-13(20)7-4-8-22-16-18-14(21)11-9-12(23-15(11)19-16)10-5-2-1-3-6-10/h1-3,5-6,9H,4,7-8H2,(H2,17,20)(H,18,19,21). The molecule has 2 heterocycles. The van der Waals surface area contributed by atoms with Crippen molar-refractivity contribution in [2.75, 3.05) is 5.75 Å². The van der Waals surface area contributed by atoms with Gasteiger partial charge in [-0.25, -0.2) is 4.98 Å². The number of nitrogens with two attached hydrogens (primary N) is 1. The van der Waals surface area contributed by atoms with Gasteiger partial charge in [-0.3, -0.25) is 9.59 Å². The quantitative estimate of drug-likeness (QED) is 0.408. The lowest BCUT2D eigenvalue weighted by molar-refractivity contribution is -0.118. The lowest BCUT2D eigenvalue weighted by Gasteiger charge is -1.99. The van der Waals surface area contributed by atoms with E-state index in [4.69, 9.17) is 5.73 Å². The number of carbonyl (C=O) groups excluding carboxylic acids is 1. The van der Waals surface area contributed by atoms with Gasteiger partial charge in [-0.15, -0.1) is 11.3 Å². The summed E-state index contributed by atoms with van der Waals surface area (Å²) in [5, 5.41) is 1.18. The molecule has 0 aliphatic rings. The molecule has 1 aromatic carbocycles. The number of aromatic nitrogens is 2. The molecule has 3 N–H and O–H groups in total. The first-order valence-electron chi connectivity index (χ1n) is 7.14. The summed E-state index contributed by atoms with van der Waals surface area (Å²) in [6.45, 7) is 0. The van der Waals surface area contributed by atoms with Crippen LogP contribution in [0.4, 0.5) is 0 Å². The fourth-order valence-corrected chi connectivity index (χ4v) is 4.04. The van der Waals surface area contributed by atoms with Crippen molar-refractivity contribution in [3.8, 4) is 10.4 Å². The number of thiophene rings is 1. The van der Waals surface area contributed by atoms with Crippen molar-refractivity contribution < 1.29 is 4.79 Å². The van der Waals surface area contributed by atoms with Crippen molar-refractivity contribution in [1.29, 1.82) is 0 Å². The topological polar surface area (TPSA) is 88.8 Å². The average Bonchev–Trinajstić information content (AvgIpc) is 2.97. The minimum atomic E-state index is -0.312. The highest BCUT2D eigenvalue weighted by Crippen LogP contribution is 2.31. The molecule has 118 valence electrons. The monoisotopic (exact) mass is 345 g/mol. The highest BCUT2D eigenvalue weighted by Gasteiger charge is 2.10. The Labute approximate surface area is 140 Å². The lowest BCUT2D eigenvalue weighted by atomic mass is 10.2. The maximum atomic E-state index is 12.2. The molecule has 0 saturated heterocycles. The van der Waals surface area contributed by atoms with Crippen LogP contribution in [0.25, 0.3) is 20.7 Å². The summed E-state index contributed by atoms with van der Waals surface area (Å²) in [5.74, 6) is 0.377. The van der Waals surface area contributed by atoms with Gasteiger partial charge in [0.05, 0.1) is 5.39 Å². The molecule has 0 fully saturated rings. The number of primary amides is 1. The number of rotatable bonds is 6. The summed E-state index contributed by atoms with van der Waals surface area (Å²) in [5.41, 5.74) is 6.05. The number of nitrogens with zero attached hydrogens (tertiary/aromatic N) is 1. The third-order valence-corrected chi connectivity index (χ3v) is 5.28. The number of aromatic amines is 1. The summed E-state index contributed by atoms with van der Waals surface area (Å²) in [4.78, 5) is 32.0. The summed E-state index contributed by atoms with van der Waals surface area (Å²) in [6.07, 6.45) is 1.01. The third-order valence-electron chi connectivity index (χ3n) is 3.25. The van der Waals surface area contributed by atoms with Crippen LogP contribution in [-0.2, 0) is 4.79 Å². The van der Waals surface area contributed by atoms with Crippen LogP contribution >= 0.6 is 23.1 Å². The number of thioether (sulfide) groups is 1. The predicted octanol–water partition coefficient (Wildman–Crippen LogP) is 3.01. The van der Waals surface area contributed by atoms with E-state index in [1.54, 1.807) is 0 Å². The largest absolute Gasteiger partial charge is 0.370 e. The molecular formula is C16H15N3O2S2. The Hall–Kier alpha value is -2.12. The first kappa shape index (κ1) is 15.8. The minimum Gasteiger partial charge on any atom is -0.370 e. The van der Waals surface area contributed by atoms with Crippen molar-refractivity contribution in [3.63, 3.8) is 0 Å². The number of carbonyl (C=O) groups is 1. The Morgan fingerprint density at radius 2 is 2.09 bits per heavy atom. The van der Waals surface area contributed by atoms with Crippen LogP contribution in [0, 0.1) is 0 Å². The molecule has 3 aromatic rings. The van der Waals surface area contributed by atoms with Crippen molar-refractivity contribution in [1.82, 2.24) is 9.97 Å². The summed E-state index contributed by atoms with van der Waals surface area (Å²) in [7, 11) is 0. The first-order chi connectivity index (χ1) is 11.1. The summed E-state index contributed by atoms with van der Waals surface area (Å²) >= 11 is 2.93. The summed E-state index contributed by atoms with van der Waals surface area (Å²) < 4.78 is 0. The van der Waals surface area contributed by atoms with E-state index in [1.165, 1.54) is 23.1 Å². The molecule has 0 radical (unpaired) electrons. The van der Waals surface area contributed by atoms with E-state index >= 15 is 0 Å². The SMILES string of the molecule is NC(=O)CCCSc1nc2sc(-c3ccccc3)cc2c(=O)[nH]1. The van der Waals surface area contributed by atoms with Crippen LogP contribution in [-0.4, -0.2) is 21.6 Å². The highest BCUT2D eigenvalue weighted by atomic mass is 32.2. The van der Waals surface area contributed by atoms with Crippen LogP contribution in [0.15, 0.2) is 46.3 Å². The van der Waals surface area contributed by atoms with Gasteiger partial charge >= 0.3 is 0 Å². The molecule has 0 bridgehead atoms. The molecule has 23 heavy (non-hydrogen) atoms. The van der Waals surface area contributed by atoms with E-state index in [-0.39, 0.29) is 11.5 Å². The lowest BCUT2D eigenvalue weighted by Crippen LogP contribution is -2.10. The van der Waals surface area contributed by atoms with E-state index in [0.717, 1.165) is 15.3 Å². The van der Waals surface area contributed by atoms with Gasteiger partial charge in [0, 0.05) is 17.1 Å². The van der Waals surface area contributed by atoms with Crippen molar-refractivity contribution in [2.45, 2.75) is 18.0 Å². The fraction of sp³-hybridized carbons (Fsp3) is 0.188. The second kappa shape index (κ2) is 6.97. The Morgan fingerprint density at radius 1 is 1.30 bits per heavy atom. The summed E-state index contributed by atoms with van der Waals surface area (Å²) in [6, 6.07) is 11.8. The molecule has 0 atom stereocenters. The molecule has 0 spiro atoms. The van der Waals surface area contributed by atoms with Gasteiger partial charge in [-0.05, 0) is 18.1 Å². The Morgan fingerprint density at radius 3 is 2.83 bits per heavy atom. The molecule has 2 aromatic heterocycles. The predicted molar refractivity (Wildman–Crippen MR) is 94.8 cm³/mol. The van der Waals surface area contributed by atoms with Crippen molar-refractivity contribution in [3.05, 3.63) is 46.8 Å². The molecule has 5 nitrogen and oxygen atoms in total.